The highest BCUT2D eigenvalue weighted by atomic mass is 35.5. The quantitative estimate of drug-likeness (QED) is 0.0901. The molecule has 0 radical (unpaired) electrons. The Bertz CT molecular complexity index is 1410. The van der Waals surface area contributed by atoms with E-state index in [1.54, 1.807) is 54.0 Å². The molecule has 42 heavy (non-hydrogen) atoms. The Kier molecular flexibility index (Phi) is 10.8. The number of anilines is 3. The third kappa shape index (κ3) is 8.74. The predicted octanol–water partition coefficient (Wildman–Crippen LogP) is 4.13. The number of hydrogen-bond acceptors (Lipinski definition) is 9. The van der Waals surface area contributed by atoms with Crippen LogP contribution < -0.4 is 26.2 Å². The molecular formula is C29H32ClN7O5. The van der Waals surface area contributed by atoms with Crippen molar-refractivity contribution in [2.45, 2.75) is 19.3 Å². The Morgan fingerprint density at radius 1 is 1.12 bits per heavy atom. The van der Waals surface area contributed by atoms with E-state index in [1.165, 1.54) is 12.3 Å². The van der Waals surface area contributed by atoms with Crippen molar-refractivity contribution in [1.29, 1.82) is 0 Å². The van der Waals surface area contributed by atoms with E-state index >= 15 is 0 Å². The number of hydroxylamine groups is 1. The average Bonchev–Trinajstić information content (AvgIpc) is 3.01. The van der Waals surface area contributed by atoms with Crippen molar-refractivity contribution in [3.8, 4) is 11.6 Å². The summed E-state index contributed by atoms with van der Waals surface area (Å²) in [6, 6.07) is 13.6. The zero-order valence-corrected chi connectivity index (χ0v) is 23.6. The molecule has 0 bridgehead atoms. The number of hydrogen-bond donors (Lipinski definition) is 5. The number of benzene rings is 2. The fraction of sp³-hybridized carbons (Fsp3) is 0.276. The SMILES string of the molecule is C=CC(=O)Nc1cccc(Oc2nc(Nc3ccc(C(=O)NCCCN4CCC(C(=O)NO)CC4)cc3)ncc2Cl)c1. The molecule has 2 aromatic carbocycles. The molecule has 220 valence electrons. The fourth-order valence-electron chi connectivity index (χ4n) is 4.38. The van der Waals surface area contributed by atoms with Gasteiger partial charge in [0.25, 0.3) is 5.91 Å². The van der Waals surface area contributed by atoms with Crippen LogP contribution in [0.1, 0.15) is 29.6 Å². The maximum atomic E-state index is 12.6. The Hall–Kier alpha value is -4.52. The van der Waals surface area contributed by atoms with Crippen LogP contribution in [0.15, 0.2) is 67.4 Å². The number of carbonyl (C=O) groups is 3. The molecule has 0 atom stereocenters. The summed E-state index contributed by atoms with van der Waals surface area (Å²) in [5.74, 6) is -0.214. The largest absolute Gasteiger partial charge is 0.437 e. The van der Waals surface area contributed by atoms with E-state index < -0.39 is 0 Å². The predicted molar refractivity (Wildman–Crippen MR) is 158 cm³/mol. The normalized spacial score (nSPS) is 13.6. The Balaban J connectivity index is 1.25. The van der Waals surface area contributed by atoms with Crippen LogP contribution in [-0.2, 0) is 9.59 Å². The van der Waals surface area contributed by atoms with Gasteiger partial charge in [0, 0.05) is 35.5 Å². The van der Waals surface area contributed by atoms with Crippen LogP contribution in [0.5, 0.6) is 11.6 Å². The third-order valence-corrected chi connectivity index (χ3v) is 6.88. The van der Waals surface area contributed by atoms with Crippen LogP contribution in [0.4, 0.5) is 17.3 Å². The molecule has 0 aliphatic carbocycles. The molecule has 4 rings (SSSR count). The summed E-state index contributed by atoms with van der Waals surface area (Å²) in [4.78, 5) is 46.5. The van der Waals surface area contributed by atoms with Gasteiger partial charge >= 0.3 is 0 Å². The van der Waals surface area contributed by atoms with E-state index in [0.29, 0.717) is 42.1 Å². The first-order chi connectivity index (χ1) is 20.3. The number of likely N-dealkylation sites (tertiary alicyclic amines) is 1. The number of nitrogens with zero attached hydrogens (tertiary/aromatic N) is 3. The monoisotopic (exact) mass is 593 g/mol. The van der Waals surface area contributed by atoms with Crippen LogP contribution >= 0.6 is 11.6 Å². The lowest BCUT2D eigenvalue weighted by molar-refractivity contribution is -0.134. The second-order valence-corrected chi connectivity index (χ2v) is 9.98. The molecule has 0 spiro atoms. The summed E-state index contributed by atoms with van der Waals surface area (Å²) in [5.41, 5.74) is 3.43. The lowest BCUT2D eigenvalue weighted by Gasteiger charge is -2.30. The van der Waals surface area contributed by atoms with Gasteiger partial charge in [-0.15, -0.1) is 0 Å². The minimum absolute atomic E-state index is 0.123. The van der Waals surface area contributed by atoms with Gasteiger partial charge in [-0.1, -0.05) is 24.2 Å². The molecule has 13 heteroatoms. The van der Waals surface area contributed by atoms with Crippen molar-refractivity contribution < 1.29 is 24.3 Å². The van der Waals surface area contributed by atoms with Gasteiger partial charge in [-0.2, -0.15) is 4.98 Å². The fourth-order valence-corrected chi connectivity index (χ4v) is 4.51. The molecule has 5 N–H and O–H groups in total. The molecule has 12 nitrogen and oxygen atoms in total. The van der Waals surface area contributed by atoms with Crippen LogP contribution in [0.25, 0.3) is 0 Å². The zero-order valence-electron chi connectivity index (χ0n) is 22.8. The number of rotatable bonds is 12. The van der Waals surface area contributed by atoms with Crippen LogP contribution in [0, 0.1) is 5.92 Å². The van der Waals surface area contributed by atoms with E-state index in [0.717, 1.165) is 26.1 Å². The van der Waals surface area contributed by atoms with Gasteiger partial charge < -0.3 is 25.6 Å². The zero-order chi connectivity index (χ0) is 29.9. The molecule has 1 saturated heterocycles. The highest BCUT2D eigenvalue weighted by molar-refractivity contribution is 6.31. The number of ether oxygens (including phenoxy) is 1. The molecule has 3 amide bonds. The highest BCUT2D eigenvalue weighted by Crippen LogP contribution is 2.29. The minimum Gasteiger partial charge on any atom is -0.437 e. The van der Waals surface area contributed by atoms with Crippen molar-refractivity contribution in [3.05, 3.63) is 78.0 Å². The van der Waals surface area contributed by atoms with Crippen molar-refractivity contribution in [1.82, 2.24) is 25.7 Å². The highest BCUT2D eigenvalue weighted by Gasteiger charge is 2.24. The Morgan fingerprint density at radius 3 is 2.60 bits per heavy atom. The molecule has 1 aliphatic heterocycles. The summed E-state index contributed by atoms with van der Waals surface area (Å²) in [6.07, 6.45) is 4.78. The summed E-state index contributed by atoms with van der Waals surface area (Å²) < 4.78 is 5.82. The maximum absolute atomic E-state index is 12.6. The van der Waals surface area contributed by atoms with Gasteiger partial charge in [-0.3, -0.25) is 19.6 Å². The van der Waals surface area contributed by atoms with E-state index in [2.05, 4.69) is 37.4 Å². The maximum Gasteiger partial charge on any atom is 0.251 e. The molecule has 0 unspecified atom stereocenters. The van der Waals surface area contributed by atoms with Crippen molar-refractivity contribution in [2.75, 3.05) is 36.8 Å². The molecule has 3 aromatic rings. The number of halogens is 1. The van der Waals surface area contributed by atoms with Gasteiger partial charge in [0.2, 0.25) is 23.6 Å². The van der Waals surface area contributed by atoms with Crippen molar-refractivity contribution in [3.63, 3.8) is 0 Å². The topological polar surface area (TPSA) is 158 Å². The standard InChI is InChI=1S/C29H32ClN7O5/c1-2-25(38)33-22-5-3-6-23(17-22)42-28-24(30)18-32-29(35-28)34-21-9-7-19(8-10-21)26(39)31-13-4-14-37-15-11-20(12-16-37)27(40)36-41/h2-3,5-10,17-18,20,41H,1,4,11-16H2,(H,31,39)(H,33,38)(H,36,40)(H,32,34,35). The Morgan fingerprint density at radius 2 is 1.88 bits per heavy atom. The molecular weight excluding hydrogens is 562 g/mol. The van der Waals surface area contributed by atoms with Gasteiger partial charge in [-0.05, 0) is 81.4 Å². The lowest BCUT2D eigenvalue weighted by Crippen LogP contribution is -2.40. The first kappa shape index (κ1) is 30.4. The van der Waals surface area contributed by atoms with Crippen LogP contribution in [0.3, 0.4) is 0 Å². The minimum atomic E-state index is -0.345. The number of amides is 3. The number of aromatic nitrogens is 2. The van der Waals surface area contributed by atoms with Gasteiger partial charge in [-0.25, -0.2) is 10.5 Å². The molecule has 1 aliphatic rings. The van der Waals surface area contributed by atoms with Gasteiger partial charge in [0.05, 0.1) is 6.20 Å². The van der Waals surface area contributed by atoms with Crippen molar-refractivity contribution >= 4 is 46.6 Å². The lowest BCUT2D eigenvalue weighted by atomic mass is 9.96. The summed E-state index contributed by atoms with van der Waals surface area (Å²) in [5, 5.41) is 17.6. The third-order valence-electron chi connectivity index (χ3n) is 6.62. The van der Waals surface area contributed by atoms with E-state index in [1.807, 2.05) is 0 Å². The van der Waals surface area contributed by atoms with Gasteiger partial charge in [0.1, 0.15) is 10.8 Å². The second-order valence-electron chi connectivity index (χ2n) is 9.57. The molecule has 0 saturated carbocycles. The molecule has 1 fully saturated rings. The summed E-state index contributed by atoms with van der Waals surface area (Å²) >= 11 is 6.24. The summed E-state index contributed by atoms with van der Waals surface area (Å²) in [6.45, 7) is 6.35. The average molecular weight is 594 g/mol. The van der Waals surface area contributed by atoms with Crippen molar-refractivity contribution in [2.24, 2.45) is 5.92 Å². The molecule has 1 aromatic heterocycles. The van der Waals surface area contributed by atoms with Gasteiger partial charge in [0.15, 0.2) is 0 Å². The van der Waals surface area contributed by atoms with E-state index in [4.69, 9.17) is 21.5 Å². The first-order valence-electron chi connectivity index (χ1n) is 13.4. The second kappa shape index (κ2) is 14.9. The number of piperidine rings is 1. The van der Waals surface area contributed by atoms with Crippen LogP contribution in [0.2, 0.25) is 5.02 Å². The van der Waals surface area contributed by atoms with E-state index in [9.17, 15) is 14.4 Å². The number of carbonyl (C=O) groups excluding carboxylic acids is 3. The van der Waals surface area contributed by atoms with Crippen LogP contribution in [-0.4, -0.2) is 64.0 Å². The Labute approximate surface area is 248 Å². The number of nitrogens with one attached hydrogen (secondary N) is 4. The van der Waals surface area contributed by atoms with E-state index in [-0.39, 0.29) is 40.5 Å². The molecule has 2 heterocycles. The summed E-state index contributed by atoms with van der Waals surface area (Å²) in [7, 11) is 0. The smallest absolute Gasteiger partial charge is 0.251 e. The first-order valence-corrected chi connectivity index (χ1v) is 13.8.